The second-order valence-electron chi connectivity index (χ2n) is 8.35. The van der Waals surface area contributed by atoms with Gasteiger partial charge in [-0.1, -0.05) is 6.92 Å². The van der Waals surface area contributed by atoms with E-state index in [9.17, 15) is 4.79 Å². The Morgan fingerprint density at radius 3 is 2.89 bits per heavy atom. The maximum absolute atomic E-state index is 12.2. The molecular formula is C24H31N7O4. The Balaban J connectivity index is 1.59. The third-order valence-corrected chi connectivity index (χ3v) is 5.85. The molecule has 0 bridgehead atoms. The summed E-state index contributed by atoms with van der Waals surface area (Å²) in [7, 11) is 3.41. The lowest BCUT2D eigenvalue weighted by atomic mass is 9.94. The highest BCUT2D eigenvalue weighted by Gasteiger charge is 2.40. The van der Waals surface area contributed by atoms with Crippen LogP contribution in [0.1, 0.15) is 36.2 Å². The number of rotatable bonds is 8. The number of ether oxygens (including phenoxy) is 2. The molecule has 3 heterocycles. The largest absolute Gasteiger partial charge is 0.495 e. The number of aliphatic hydroxyl groups is 1. The van der Waals surface area contributed by atoms with Crippen molar-refractivity contribution in [3.63, 3.8) is 0 Å². The van der Waals surface area contributed by atoms with E-state index in [0.29, 0.717) is 28.9 Å². The normalized spacial score (nSPS) is 19.5. The number of amides is 1. The van der Waals surface area contributed by atoms with Crippen molar-refractivity contribution in [1.82, 2.24) is 20.4 Å². The molecule has 0 saturated carbocycles. The first kappa shape index (κ1) is 24.3. The zero-order valence-corrected chi connectivity index (χ0v) is 20.3. The van der Waals surface area contributed by atoms with Crippen LogP contribution in [0.15, 0.2) is 46.8 Å². The van der Waals surface area contributed by atoms with Crippen LogP contribution in [-0.4, -0.2) is 65.2 Å². The predicted octanol–water partition coefficient (Wildman–Crippen LogP) is 1.73. The monoisotopic (exact) mass is 481 g/mol. The molecule has 11 heteroatoms. The SMILES string of the molecule is CC[C@H](C)OC1=NC(Nc2ccc(C(=O)NCCO)cc2OC)=NC2NC=C(c3cnn(C)c3)C12. The number of aliphatic imine (C=N–C) groups is 2. The number of aromatic nitrogens is 2. The van der Waals surface area contributed by atoms with Crippen molar-refractivity contribution < 1.29 is 19.4 Å². The van der Waals surface area contributed by atoms with E-state index >= 15 is 0 Å². The summed E-state index contributed by atoms with van der Waals surface area (Å²) < 4.78 is 13.5. The van der Waals surface area contributed by atoms with Crippen LogP contribution in [0.25, 0.3) is 5.57 Å². The Morgan fingerprint density at radius 1 is 1.37 bits per heavy atom. The molecule has 11 nitrogen and oxygen atoms in total. The number of nitrogens with one attached hydrogen (secondary N) is 3. The highest BCUT2D eigenvalue weighted by Crippen LogP contribution is 2.35. The van der Waals surface area contributed by atoms with Crippen molar-refractivity contribution >= 4 is 29.0 Å². The van der Waals surface area contributed by atoms with Gasteiger partial charge in [0.25, 0.3) is 5.91 Å². The summed E-state index contributed by atoms with van der Waals surface area (Å²) in [6.45, 7) is 4.12. The summed E-state index contributed by atoms with van der Waals surface area (Å²) in [5, 5.41) is 22.4. The van der Waals surface area contributed by atoms with E-state index in [0.717, 1.165) is 17.6 Å². The molecule has 2 aromatic rings. The summed E-state index contributed by atoms with van der Waals surface area (Å²) >= 11 is 0. The van der Waals surface area contributed by atoms with Crippen LogP contribution in [0, 0.1) is 5.92 Å². The minimum absolute atomic E-state index is 0.0178. The average molecular weight is 482 g/mol. The third kappa shape index (κ3) is 5.29. The van der Waals surface area contributed by atoms with Gasteiger partial charge in [-0.25, -0.2) is 4.99 Å². The van der Waals surface area contributed by atoms with Crippen LogP contribution in [0.2, 0.25) is 0 Å². The van der Waals surface area contributed by atoms with Gasteiger partial charge in [-0.3, -0.25) is 9.48 Å². The van der Waals surface area contributed by atoms with Gasteiger partial charge >= 0.3 is 0 Å². The molecule has 0 spiro atoms. The molecule has 186 valence electrons. The van der Waals surface area contributed by atoms with Crippen molar-refractivity contribution in [3.8, 4) is 5.75 Å². The lowest BCUT2D eigenvalue weighted by molar-refractivity contribution is 0.0944. The first-order valence-corrected chi connectivity index (χ1v) is 11.6. The number of hydrogen-bond donors (Lipinski definition) is 4. The van der Waals surface area contributed by atoms with Gasteiger partial charge in [0.1, 0.15) is 17.8 Å². The van der Waals surface area contributed by atoms with E-state index in [-0.39, 0.29) is 37.2 Å². The van der Waals surface area contributed by atoms with E-state index in [1.165, 1.54) is 7.11 Å². The van der Waals surface area contributed by atoms with Gasteiger partial charge in [0.15, 0.2) is 0 Å². The number of guanidine groups is 1. The lowest BCUT2D eigenvalue weighted by Gasteiger charge is -2.28. The van der Waals surface area contributed by atoms with Crippen LogP contribution < -0.4 is 20.7 Å². The van der Waals surface area contributed by atoms with Crippen LogP contribution in [0.5, 0.6) is 5.75 Å². The van der Waals surface area contributed by atoms with Crippen LogP contribution in [0.3, 0.4) is 0 Å². The smallest absolute Gasteiger partial charge is 0.251 e. The molecule has 2 aliphatic rings. The molecule has 0 fully saturated rings. The predicted molar refractivity (Wildman–Crippen MR) is 133 cm³/mol. The molecule has 0 saturated heterocycles. The highest BCUT2D eigenvalue weighted by molar-refractivity contribution is 6.08. The molecular weight excluding hydrogens is 450 g/mol. The number of anilines is 1. The topological polar surface area (TPSA) is 134 Å². The summed E-state index contributed by atoms with van der Waals surface area (Å²) in [5.41, 5.74) is 3.02. The fourth-order valence-electron chi connectivity index (χ4n) is 3.86. The minimum atomic E-state index is -0.298. The quantitative estimate of drug-likeness (QED) is 0.451. The lowest BCUT2D eigenvalue weighted by Crippen LogP contribution is -2.39. The molecule has 4 rings (SSSR count). The minimum Gasteiger partial charge on any atom is -0.495 e. The van der Waals surface area contributed by atoms with Gasteiger partial charge in [0.2, 0.25) is 11.9 Å². The Kier molecular flexibility index (Phi) is 7.35. The highest BCUT2D eigenvalue weighted by atomic mass is 16.5. The first-order chi connectivity index (χ1) is 16.9. The number of carbonyl (C=O) groups is 1. The van der Waals surface area contributed by atoms with E-state index in [2.05, 4.69) is 28.0 Å². The number of carbonyl (C=O) groups excluding carboxylic acids is 1. The second-order valence-corrected chi connectivity index (χ2v) is 8.35. The van der Waals surface area contributed by atoms with Crippen molar-refractivity contribution in [3.05, 3.63) is 47.9 Å². The number of aliphatic hydroxyl groups excluding tert-OH is 1. The third-order valence-electron chi connectivity index (χ3n) is 5.85. The molecule has 1 aromatic carbocycles. The van der Waals surface area contributed by atoms with Gasteiger partial charge in [-0.15, -0.1) is 0 Å². The van der Waals surface area contributed by atoms with Crippen molar-refractivity contribution in [1.29, 1.82) is 0 Å². The number of aryl methyl sites for hydroxylation is 1. The molecule has 35 heavy (non-hydrogen) atoms. The maximum atomic E-state index is 12.2. The van der Waals surface area contributed by atoms with Crippen molar-refractivity contribution in [2.24, 2.45) is 23.0 Å². The van der Waals surface area contributed by atoms with E-state index in [4.69, 9.17) is 24.6 Å². The van der Waals surface area contributed by atoms with Gasteiger partial charge in [0, 0.05) is 37.1 Å². The van der Waals surface area contributed by atoms with Gasteiger partial charge in [-0.2, -0.15) is 10.1 Å². The molecule has 2 unspecified atom stereocenters. The molecule has 4 N–H and O–H groups in total. The molecule has 0 radical (unpaired) electrons. The van der Waals surface area contributed by atoms with Gasteiger partial charge in [-0.05, 0) is 37.1 Å². The van der Waals surface area contributed by atoms with E-state index < -0.39 is 0 Å². The Morgan fingerprint density at radius 2 is 2.20 bits per heavy atom. The zero-order valence-electron chi connectivity index (χ0n) is 20.3. The number of fused-ring (bicyclic) bond motifs is 1. The fraction of sp³-hybridized carbons (Fsp3) is 0.417. The van der Waals surface area contributed by atoms with Crippen molar-refractivity contribution in [2.45, 2.75) is 32.5 Å². The van der Waals surface area contributed by atoms with Gasteiger partial charge in [0.05, 0.1) is 31.7 Å². The molecule has 2 aliphatic heterocycles. The van der Waals surface area contributed by atoms with E-state index in [1.54, 1.807) is 22.9 Å². The molecule has 3 atom stereocenters. The van der Waals surface area contributed by atoms with Crippen LogP contribution >= 0.6 is 0 Å². The van der Waals surface area contributed by atoms with Crippen LogP contribution in [-0.2, 0) is 11.8 Å². The number of hydrogen-bond acceptors (Lipinski definition) is 9. The molecule has 1 amide bonds. The number of nitrogens with zero attached hydrogens (tertiary/aromatic N) is 4. The molecule has 0 aliphatic carbocycles. The van der Waals surface area contributed by atoms with Crippen LogP contribution in [0.4, 0.5) is 5.69 Å². The number of benzene rings is 1. The Labute approximate surface area is 203 Å². The first-order valence-electron chi connectivity index (χ1n) is 11.6. The Hall–Kier alpha value is -3.86. The Bertz CT molecular complexity index is 1170. The van der Waals surface area contributed by atoms with E-state index in [1.807, 2.05) is 32.6 Å². The summed E-state index contributed by atoms with van der Waals surface area (Å²) in [4.78, 5) is 21.7. The molecule has 1 aromatic heterocycles. The van der Waals surface area contributed by atoms with Gasteiger partial charge < -0.3 is 30.5 Å². The zero-order chi connectivity index (χ0) is 24.9. The second kappa shape index (κ2) is 10.6. The number of methoxy groups -OCH3 is 1. The maximum Gasteiger partial charge on any atom is 0.251 e. The summed E-state index contributed by atoms with van der Waals surface area (Å²) in [6, 6.07) is 5.02. The summed E-state index contributed by atoms with van der Waals surface area (Å²) in [5.74, 6) is 0.917. The summed E-state index contributed by atoms with van der Waals surface area (Å²) in [6.07, 6.45) is 6.24. The standard InChI is InChI=1S/C24H31N7O4/c1-5-14(2)35-23-20-17(16-11-27-31(3)13-16)12-26-21(20)29-24(30-23)28-18-7-6-15(10-19(18)34-4)22(33)25-8-9-32/h6-7,10-14,20-21,26,32H,5,8-9H2,1-4H3,(H,25,33)(H,28,29)/t14-,20?,21?/m0/s1. The fourth-order valence-corrected chi connectivity index (χ4v) is 3.86. The average Bonchev–Trinajstić information content (AvgIpc) is 3.48. The van der Waals surface area contributed by atoms with Crippen molar-refractivity contribution in [2.75, 3.05) is 25.6 Å².